The van der Waals surface area contributed by atoms with Gasteiger partial charge in [0, 0.05) is 29.8 Å². The maximum Gasteiger partial charge on any atom is 0.244 e. The van der Waals surface area contributed by atoms with Crippen molar-refractivity contribution in [1.29, 1.82) is 0 Å². The Hall–Kier alpha value is -3.51. The van der Waals surface area contributed by atoms with Crippen LogP contribution in [0.3, 0.4) is 0 Å². The van der Waals surface area contributed by atoms with E-state index < -0.39 is 0 Å². The molecule has 2 heterocycles. The molecule has 0 radical (unpaired) electrons. The van der Waals surface area contributed by atoms with E-state index in [1.807, 2.05) is 48.5 Å². The van der Waals surface area contributed by atoms with Crippen LogP contribution in [0.15, 0.2) is 60.8 Å². The largest absolute Gasteiger partial charge is 0.497 e. The van der Waals surface area contributed by atoms with Gasteiger partial charge in [0.15, 0.2) is 0 Å². The predicted octanol–water partition coefficient (Wildman–Crippen LogP) is 4.55. The number of carbonyl (C=O) groups excluding carboxylic acids is 1. The van der Waals surface area contributed by atoms with Gasteiger partial charge in [-0.25, -0.2) is 0 Å². The lowest BCUT2D eigenvalue weighted by atomic mass is 9.99. The van der Waals surface area contributed by atoms with Crippen molar-refractivity contribution >= 4 is 23.6 Å². The molecule has 1 atom stereocenters. The smallest absolute Gasteiger partial charge is 0.244 e. The predicted molar refractivity (Wildman–Crippen MR) is 124 cm³/mol. The number of carbonyl (C=O) groups is 1. The molecular weight excluding hydrogens is 428 g/mol. The minimum Gasteiger partial charge on any atom is -0.497 e. The van der Waals surface area contributed by atoms with E-state index in [0.29, 0.717) is 23.7 Å². The molecule has 1 aliphatic rings. The van der Waals surface area contributed by atoms with Crippen LogP contribution in [0.1, 0.15) is 11.3 Å². The molecule has 0 saturated carbocycles. The highest BCUT2D eigenvalue weighted by Crippen LogP contribution is 2.42. The molecule has 32 heavy (non-hydrogen) atoms. The van der Waals surface area contributed by atoms with Crippen LogP contribution in [0, 0.1) is 0 Å². The van der Waals surface area contributed by atoms with Crippen molar-refractivity contribution in [2.45, 2.75) is 12.5 Å². The summed E-state index contributed by atoms with van der Waals surface area (Å²) in [5.74, 6) is 1.90. The van der Waals surface area contributed by atoms with Crippen molar-refractivity contribution in [3.05, 3.63) is 77.1 Å². The van der Waals surface area contributed by atoms with Crippen LogP contribution in [0.4, 0.5) is 0 Å². The van der Waals surface area contributed by atoms with Gasteiger partial charge in [-0.2, -0.15) is 0 Å². The molecule has 6 nitrogen and oxygen atoms in total. The molecule has 4 rings (SSSR count). The normalized spacial score (nSPS) is 14.7. The summed E-state index contributed by atoms with van der Waals surface area (Å²) in [5, 5.41) is 3.39. The Morgan fingerprint density at radius 3 is 2.84 bits per heavy atom. The van der Waals surface area contributed by atoms with Gasteiger partial charge < -0.3 is 19.5 Å². The van der Waals surface area contributed by atoms with E-state index >= 15 is 0 Å². The number of nitrogens with one attached hydrogen (secondary N) is 1. The lowest BCUT2D eigenvalue weighted by molar-refractivity contribution is -0.116. The summed E-state index contributed by atoms with van der Waals surface area (Å²) >= 11 is 6.54. The Kier molecular flexibility index (Phi) is 6.61. The monoisotopic (exact) mass is 450 g/mol. The van der Waals surface area contributed by atoms with Gasteiger partial charge in [-0.05, 0) is 54.1 Å². The summed E-state index contributed by atoms with van der Waals surface area (Å²) in [5.41, 5.74) is 3.50. The molecule has 0 fully saturated rings. The molecular formula is C25H23ClN2O4. The zero-order chi connectivity index (χ0) is 22.5. The van der Waals surface area contributed by atoms with Crippen LogP contribution in [0.2, 0.25) is 5.02 Å². The second kappa shape index (κ2) is 9.75. The van der Waals surface area contributed by atoms with E-state index in [4.69, 9.17) is 25.8 Å². The molecule has 3 aromatic rings. The van der Waals surface area contributed by atoms with Crippen LogP contribution >= 0.6 is 11.6 Å². The number of pyridine rings is 1. The molecule has 1 aromatic heterocycles. The van der Waals surface area contributed by atoms with Gasteiger partial charge in [0.05, 0.1) is 31.5 Å². The van der Waals surface area contributed by atoms with Crippen molar-refractivity contribution in [2.75, 3.05) is 20.8 Å². The third-order valence-electron chi connectivity index (χ3n) is 5.17. The fourth-order valence-electron chi connectivity index (χ4n) is 3.61. The highest BCUT2D eigenvalue weighted by Gasteiger charge is 2.26. The summed E-state index contributed by atoms with van der Waals surface area (Å²) < 4.78 is 16.9. The van der Waals surface area contributed by atoms with Gasteiger partial charge in [0.25, 0.3) is 0 Å². The highest BCUT2D eigenvalue weighted by atomic mass is 35.5. The molecule has 1 N–H and O–H groups in total. The number of nitrogens with zero attached hydrogens (tertiary/aromatic N) is 1. The average Bonchev–Trinajstić information content (AvgIpc) is 3.25. The quantitative estimate of drug-likeness (QED) is 0.535. The van der Waals surface area contributed by atoms with Crippen molar-refractivity contribution < 1.29 is 19.0 Å². The number of halogens is 1. The van der Waals surface area contributed by atoms with Crippen molar-refractivity contribution in [3.8, 4) is 28.4 Å². The second-order valence-electron chi connectivity index (χ2n) is 7.29. The summed E-state index contributed by atoms with van der Waals surface area (Å²) in [6.45, 7) is 0.369. The molecule has 1 aliphatic heterocycles. The Balaban J connectivity index is 1.45. The first kappa shape index (κ1) is 21.7. The molecule has 7 heteroatoms. The van der Waals surface area contributed by atoms with E-state index in [9.17, 15) is 4.79 Å². The number of amides is 1. The van der Waals surface area contributed by atoms with Crippen LogP contribution in [0.25, 0.3) is 17.2 Å². The maximum absolute atomic E-state index is 12.1. The van der Waals surface area contributed by atoms with Crippen LogP contribution < -0.4 is 19.5 Å². The van der Waals surface area contributed by atoms with Gasteiger partial charge in [-0.15, -0.1) is 0 Å². The molecule has 0 spiro atoms. The maximum atomic E-state index is 12.1. The summed E-state index contributed by atoms with van der Waals surface area (Å²) in [6.07, 6.45) is 5.26. The summed E-state index contributed by atoms with van der Waals surface area (Å²) in [6, 6.07) is 15.1. The number of rotatable bonds is 7. The van der Waals surface area contributed by atoms with Crippen molar-refractivity contribution in [1.82, 2.24) is 10.3 Å². The zero-order valence-corrected chi connectivity index (χ0v) is 18.6. The number of hydrogen-bond acceptors (Lipinski definition) is 5. The molecule has 0 saturated heterocycles. The van der Waals surface area contributed by atoms with E-state index in [0.717, 1.165) is 33.9 Å². The molecule has 0 bridgehead atoms. The van der Waals surface area contributed by atoms with Gasteiger partial charge >= 0.3 is 0 Å². The van der Waals surface area contributed by atoms with Gasteiger partial charge in [0.1, 0.15) is 23.4 Å². The number of methoxy groups -OCH3 is 2. The Morgan fingerprint density at radius 1 is 1.22 bits per heavy atom. The van der Waals surface area contributed by atoms with Crippen LogP contribution in [0.5, 0.6) is 17.2 Å². The van der Waals surface area contributed by atoms with Crippen LogP contribution in [-0.4, -0.2) is 37.8 Å². The number of fused-ring (bicyclic) bond motifs is 1. The van der Waals surface area contributed by atoms with E-state index in [2.05, 4.69) is 10.3 Å². The van der Waals surface area contributed by atoms with Crippen LogP contribution in [-0.2, 0) is 11.2 Å². The average molecular weight is 451 g/mol. The standard InChI is InChI=1S/C25H23ClN2O4/c1-30-19-7-8-23(31-2)21(14-19)16-11-17-12-20(32-25(17)22(26)13-16)15-28-24(29)9-6-18-5-3-4-10-27-18/h3-11,13-14,20H,12,15H2,1-2H3,(H,28,29)/b9-6+/t20-/m0/s1. The molecule has 2 aromatic carbocycles. The molecule has 1 amide bonds. The first-order valence-corrected chi connectivity index (χ1v) is 10.5. The number of hydrogen-bond donors (Lipinski definition) is 1. The fourth-order valence-corrected chi connectivity index (χ4v) is 3.89. The SMILES string of the molecule is COc1ccc(OC)c(-c2cc(Cl)c3c(c2)C[C@@H](CNC(=O)/C=C/c2ccccn2)O3)c1. The van der Waals surface area contributed by atoms with E-state index in [1.165, 1.54) is 6.08 Å². The van der Waals surface area contributed by atoms with Gasteiger partial charge in [-0.3, -0.25) is 9.78 Å². The van der Waals surface area contributed by atoms with E-state index in [1.54, 1.807) is 26.5 Å². The van der Waals surface area contributed by atoms with Gasteiger partial charge in [-0.1, -0.05) is 17.7 Å². The van der Waals surface area contributed by atoms with E-state index in [-0.39, 0.29) is 12.0 Å². The third-order valence-corrected chi connectivity index (χ3v) is 5.45. The lowest BCUT2D eigenvalue weighted by Crippen LogP contribution is -2.33. The third kappa shape index (κ3) is 4.86. The molecule has 0 unspecified atom stereocenters. The van der Waals surface area contributed by atoms with Crippen molar-refractivity contribution in [3.63, 3.8) is 0 Å². The first-order valence-electron chi connectivity index (χ1n) is 10.2. The summed E-state index contributed by atoms with van der Waals surface area (Å²) in [7, 11) is 3.25. The summed E-state index contributed by atoms with van der Waals surface area (Å²) in [4.78, 5) is 16.3. The number of ether oxygens (including phenoxy) is 3. The Labute approximate surface area is 191 Å². The zero-order valence-electron chi connectivity index (χ0n) is 17.8. The second-order valence-corrected chi connectivity index (χ2v) is 7.70. The minimum atomic E-state index is -0.205. The molecule has 164 valence electrons. The topological polar surface area (TPSA) is 69.7 Å². The minimum absolute atomic E-state index is 0.197. The highest BCUT2D eigenvalue weighted by molar-refractivity contribution is 6.32. The Morgan fingerprint density at radius 2 is 2.09 bits per heavy atom. The number of aromatic nitrogens is 1. The number of benzene rings is 2. The first-order chi connectivity index (χ1) is 15.6. The van der Waals surface area contributed by atoms with Gasteiger partial charge in [0.2, 0.25) is 5.91 Å². The lowest BCUT2D eigenvalue weighted by Gasteiger charge is -2.13. The fraction of sp³-hybridized carbons (Fsp3) is 0.200. The Bertz CT molecular complexity index is 1150. The molecule has 0 aliphatic carbocycles. The van der Waals surface area contributed by atoms with Crippen molar-refractivity contribution in [2.24, 2.45) is 0 Å².